The summed E-state index contributed by atoms with van der Waals surface area (Å²) in [5.41, 5.74) is 5.85. The van der Waals surface area contributed by atoms with E-state index < -0.39 is 5.97 Å². The molecule has 62 valence electrons. The van der Waals surface area contributed by atoms with Gasteiger partial charge in [0.15, 0.2) is 0 Å². The van der Waals surface area contributed by atoms with Crippen LogP contribution < -0.4 is 5.73 Å². The molecular weight excluding hydrogens is 142 g/mol. The van der Waals surface area contributed by atoms with Gasteiger partial charge in [-0.25, -0.2) is 0 Å². The molecule has 2 bridgehead atoms. The number of carboxylic acids is 1. The molecule has 0 aromatic heterocycles. The highest BCUT2D eigenvalue weighted by Crippen LogP contribution is 2.47. The molecule has 0 aliphatic heterocycles. The lowest BCUT2D eigenvalue weighted by atomic mass is 9.89. The fourth-order valence-corrected chi connectivity index (χ4v) is 2.67. The summed E-state index contributed by atoms with van der Waals surface area (Å²) in [5.74, 6) is -0.00463. The van der Waals surface area contributed by atoms with E-state index in [0.717, 1.165) is 19.3 Å². The number of fused-ring (bicyclic) bond motifs is 2. The number of hydrogen-bond donors (Lipinski definition) is 2. The van der Waals surface area contributed by atoms with Gasteiger partial charge in [0.05, 0.1) is 5.92 Å². The molecule has 0 amide bonds. The monoisotopic (exact) mass is 155 g/mol. The van der Waals surface area contributed by atoms with Gasteiger partial charge in [-0.2, -0.15) is 0 Å². The third kappa shape index (κ3) is 0.872. The van der Waals surface area contributed by atoms with Crippen LogP contribution in [0.1, 0.15) is 19.3 Å². The zero-order valence-electron chi connectivity index (χ0n) is 6.36. The van der Waals surface area contributed by atoms with Gasteiger partial charge in [0.2, 0.25) is 0 Å². The SMILES string of the molecule is N[C@@H]1[C@H]2CC[C@H]1[C@@H](C(=O)O)C2. The van der Waals surface area contributed by atoms with E-state index in [2.05, 4.69) is 0 Å². The van der Waals surface area contributed by atoms with Crippen LogP contribution in [-0.2, 0) is 4.79 Å². The van der Waals surface area contributed by atoms with E-state index in [9.17, 15) is 4.79 Å². The molecule has 2 rings (SSSR count). The molecule has 3 N–H and O–H groups in total. The maximum atomic E-state index is 10.7. The molecule has 0 unspecified atom stereocenters. The first-order chi connectivity index (χ1) is 5.20. The van der Waals surface area contributed by atoms with Gasteiger partial charge in [-0.1, -0.05) is 0 Å². The Kier molecular flexibility index (Phi) is 1.42. The van der Waals surface area contributed by atoms with Gasteiger partial charge in [-0.15, -0.1) is 0 Å². The van der Waals surface area contributed by atoms with Crippen molar-refractivity contribution in [3.63, 3.8) is 0 Å². The summed E-state index contributed by atoms with van der Waals surface area (Å²) in [7, 11) is 0. The first kappa shape index (κ1) is 7.10. The number of hydrogen-bond acceptors (Lipinski definition) is 2. The zero-order valence-corrected chi connectivity index (χ0v) is 6.36. The summed E-state index contributed by atoms with van der Waals surface area (Å²) >= 11 is 0. The second-order valence-electron chi connectivity index (χ2n) is 3.76. The summed E-state index contributed by atoms with van der Waals surface area (Å²) in [5, 5.41) is 8.80. The van der Waals surface area contributed by atoms with Crippen LogP contribution in [0.4, 0.5) is 0 Å². The highest BCUT2D eigenvalue weighted by molar-refractivity contribution is 5.71. The second-order valence-corrected chi connectivity index (χ2v) is 3.76. The zero-order chi connectivity index (χ0) is 8.01. The average Bonchev–Trinajstić information content (AvgIpc) is 2.46. The molecule has 3 heteroatoms. The molecule has 2 fully saturated rings. The fourth-order valence-electron chi connectivity index (χ4n) is 2.67. The number of carboxylic acid groups (broad SMARTS) is 1. The summed E-state index contributed by atoms with van der Waals surface area (Å²) in [4.78, 5) is 10.7. The molecule has 0 aromatic rings. The molecule has 2 saturated carbocycles. The van der Waals surface area contributed by atoms with Gasteiger partial charge in [0, 0.05) is 6.04 Å². The average molecular weight is 155 g/mol. The number of aliphatic carboxylic acids is 1. The predicted molar refractivity (Wildman–Crippen MR) is 39.9 cm³/mol. The van der Waals surface area contributed by atoms with Crippen LogP contribution >= 0.6 is 0 Å². The Morgan fingerprint density at radius 3 is 2.45 bits per heavy atom. The standard InChI is InChI=1S/C8H13NO2/c9-7-4-1-2-5(7)6(3-4)8(10)11/h4-7H,1-3,9H2,(H,10,11)/t4-,5-,6-,7+/m0/s1. The lowest BCUT2D eigenvalue weighted by molar-refractivity contribution is -0.143. The summed E-state index contributed by atoms with van der Waals surface area (Å²) < 4.78 is 0. The minimum Gasteiger partial charge on any atom is -0.481 e. The van der Waals surface area contributed by atoms with Crippen molar-refractivity contribution in [1.29, 1.82) is 0 Å². The first-order valence-electron chi connectivity index (χ1n) is 4.18. The fraction of sp³-hybridized carbons (Fsp3) is 0.875. The Morgan fingerprint density at radius 1 is 1.45 bits per heavy atom. The molecule has 0 heterocycles. The van der Waals surface area contributed by atoms with Crippen LogP contribution in [0.25, 0.3) is 0 Å². The van der Waals surface area contributed by atoms with E-state index in [-0.39, 0.29) is 17.9 Å². The van der Waals surface area contributed by atoms with E-state index in [1.165, 1.54) is 0 Å². The van der Waals surface area contributed by atoms with Crippen molar-refractivity contribution in [3.8, 4) is 0 Å². The van der Waals surface area contributed by atoms with Crippen molar-refractivity contribution < 1.29 is 9.90 Å². The summed E-state index contributed by atoms with van der Waals surface area (Å²) in [6.07, 6.45) is 3.00. The van der Waals surface area contributed by atoms with Crippen molar-refractivity contribution in [3.05, 3.63) is 0 Å². The lowest BCUT2D eigenvalue weighted by Crippen LogP contribution is -2.28. The molecule has 0 spiro atoms. The minimum absolute atomic E-state index is 0.135. The Bertz CT molecular complexity index is 193. The quantitative estimate of drug-likeness (QED) is 0.577. The topological polar surface area (TPSA) is 63.3 Å². The molecule has 4 atom stereocenters. The Balaban J connectivity index is 2.14. The molecule has 2 aliphatic carbocycles. The predicted octanol–water partition coefficient (Wildman–Crippen LogP) is 0.444. The second kappa shape index (κ2) is 2.21. The van der Waals surface area contributed by atoms with Crippen molar-refractivity contribution in [1.82, 2.24) is 0 Å². The number of carbonyl (C=O) groups is 1. The molecule has 0 radical (unpaired) electrons. The Labute approximate surface area is 65.6 Å². The minimum atomic E-state index is -0.646. The largest absolute Gasteiger partial charge is 0.481 e. The third-order valence-corrected chi connectivity index (χ3v) is 3.30. The van der Waals surface area contributed by atoms with Crippen LogP contribution in [0, 0.1) is 17.8 Å². The van der Waals surface area contributed by atoms with E-state index in [1.54, 1.807) is 0 Å². The van der Waals surface area contributed by atoms with E-state index in [1.807, 2.05) is 0 Å². The molecule has 11 heavy (non-hydrogen) atoms. The van der Waals surface area contributed by atoms with E-state index >= 15 is 0 Å². The van der Waals surface area contributed by atoms with Gasteiger partial charge in [0.25, 0.3) is 0 Å². The van der Waals surface area contributed by atoms with Crippen LogP contribution in [0.15, 0.2) is 0 Å². The maximum Gasteiger partial charge on any atom is 0.306 e. The summed E-state index contributed by atoms with van der Waals surface area (Å²) in [6.45, 7) is 0. The van der Waals surface area contributed by atoms with Crippen molar-refractivity contribution in [2.45, 2.75) is 25.3 Å². The van der Waals surface area contributed by atoms with Gasteiger partial charge in [-0.05, 0) is 31.1 Å². The normalized spacial score (nSPS) is 48.1. The first-order valence-corrected chi connectivity index (χ1v) is 4.18. The Morgan fingerprint density at radius 2 is 2.18 bits per heavy atom. The van der Waals surface area contributed by atoms with Gasteiger partial charge in [0.1, 0.15) is 0 Å². The van der Waals surface area contributed by atoms with Gasteiger partial charge in [-0.3, -0.25) is 4.79 Å². The molecule has 0 saturated heterocycles. The summed E-state index contributed by atoms with van der Waals surface area (Å²) in [6, 6.07) is 0.177. The van der Waals surface area contributed by atoms with Crippen LogP contribution in [0.5, 0.6) is 0 Å². The van der Waals surface area contributed by atoms with Crippen molar-refractivity contribution in [2.24, 2.45) is 23.5 Å². The number of nitrogens with two attached hydrogens (primary N) is 1. The van der Waals surface area contributed by atoms with Gasteiger partial charge < -0.3 is 10.8 Å². The molecule has 3 nitrogen and oxygen atoms in total. The lowest BCUT2D eigenvalue weighted by Gasteiger charge is -2.16. The highest BCUT2D eigenvalue weighted by Gasteiger charge is 2.48. The van der Waals surface area contributed by atoms with Crippen molar-refractivity contribution in [2.75, 3.05) is 0 Å². The smallest absolute Gasteiger partial charge is 0.306 e. The molecular formula is C8H13NO2. The van der Waals surface area contributed by atoms with Crippen LogP contribution in [0.2, 0.25) is 0 Å². The highest BCUT2D eigenvalue weighted by atomic mass is 16.4. The van der Waals surface area contributed by atoms with E-state index in [0.29, 0.717) is 5.92 Å². The maximum absolute atomic E-state index is 10.7. The third-order valence-electron chi connectivity index (χ3n) is 3.30. The molecule has 0 aromatic carbocycles. The Hall–Kier alpha value is -0.570. The number of rotatable bonds is 1. The van der Waals surface area contributed by atoms with Crippen molar-refractivity contribution >= 4 is 5.97 Å². The van der Waals surface area contributed by atoms with Crippen LogP contribution in [-0.4, -0.2) is 17.1 Å². The molecule has 2 aliphatic rings. The van der Waals surface area contributed by atoms with Gasteiger partial charge >= 0.3 is 5.97 Å². The van der Waals surface area contributed by atoms with E-state index in [4.69, 9.17) is 10.8 Å². The van der Waals surface area contributed by atoms with Crippen LogP contribution in [0.3, 0.4) is 0 Å².